The second-order valence-electron chi connectivity index (χ2n) is 6.40. The van der Waals surface area contributed by atoms with Crippen LogP contribution in [0.2, 0.25) is 0 Å². The molecule has 0 aromatic heterocycles. The Hall–Kier alpha value is -1.79. The lowest BCUT2D eigenvalue weighted by molar-refractivity contribution is 0.580. The Kier molecular flexibility index (Phi) is 5.72. The van der Waals surface area contributed by atoms with Crippen LogP contribution in [0.4, 0.5) is 0 Å². The molecule has 1 N–H and O–H groups in total. The van der Waals surface area contributed by atoms with Gasteiger partial charge in [-0.1, -0.05) is 45.0 Å². The monoisotopic (exact) mass is 362 g/mol. The van der Waals surface area contributed by atoms with E-state index in [4.69, 9.17) is 0 Å². The van der Waals surface area contributed by atoms with Crippen molar-refractivity contribution in [2.24, 2.45) is 5.10 Å². The number of rotatable bonds is 5. The summed E-state index contributed by atoms with van der Waals surface area (Å²) in [5.74, 6) is 0. The van der Waals surface area contributed by atoms with Crippen molar-refractivity contribution in [3.8, 4) is 0 Å². The van der Waals surface area contributed by atoms with Gasteiger partial charge in [0.05, 0.1) is 11.1 Å². The summed E-state index contributed by atoms with van der Waals surface area (Å²) in [5, 5.41) is 3.85. The smallest absolute Gasteiger partial charge is 0.200 e. The van der Waals surface area contributed by atoms with Crippen LogP contribution in [-0.4, -0.2) is 20.9 Å². The third-order valence-electron chi connectivity index (χ3n) is 3.53. The molecule has 4 nitrogen and oxygen atoms in total. The zero-order valence-electron chi connectivity index (χ0n) is 14.3. The predicted octanol–water partition coefficient (Wildman–Crippen LogP) is 4.02. The van der Waals surface area contributed by atoms with E-state index < -0.39 is 10.0 Å². The zero-order valence-corrected chi connectivity index (χ0v) is 15.9. The first kappa shape index (κ1) is 18.5. The Labute approximate surface area is 148 Å². The highest BCUT2D eigenvalue weighted by atomic mass is 32.2. The summed E-state index contributed by atoms with van der Waals surface area (Å²) >= 11 is 1.65. The van der Waals surface area contributed by atoms with E-state index in [9.17, 15) is 8.42 Å². The molecule has 0 aliphatic carbocycles. The molecule has 0 amide bonds. The van der Waals surface area contributed by atoms with E-state index in [2.05, 4.69) is 30.7 Å². The molecule has 128 valence electrons. The van der Waals surface area contributed by atoms with E-state index in [1.165, 1.54) is 6.21 Å². The molecule has 2 rings (SSSR count). The molecular formula is C18H22N2O2S2. The SMILES string of the molecule is CSc1ccc(C=NNS(=O)(=O)c2ccc(C(C)(C)C)cc2)cc1. The van der Waals surface area contributed by atoms with Crippen LogP contribution in [0.5, 0.6) is 0 Å². The van der Waals surface area contributed by atoms with Crippen molar-refractivity contribution in [1.29, 1.82) is 0 Å². The molecule has 0 spiro atoms. The first-order chi connectivity index (χ1) is 11.2. The van der Waals surface area contributed by atoms with Crippen LogP contribution in [-0.2, 0) is 15.4 Å². The molecule has 0 aliphatic heterocycles. The molecule has 0 atom stereocenters. The fourth-order valence-corrected chi connectivity index (χ4v) is 3.25. The van der Waals surface area contributed by atoms with Crippen LogP contribution in [0.25, 0.3) is 0 Å². The number of hydrogen-bond donors (Lipinski definition) is 1. The maximum Gasteiger partial charge on any atom is 0.276 e. The van der Waals surface area contributed by atoms with Gasteiger partial charge in [0, 0.05) is 4.90 Å². The van der Waals surface area contributed by atoms with E-state index in [0.717, 1.165) is 16.0 Å². The molecule has 2 aromatic carbocycles. The van der Waals surface area contributed by atoms with Crippen molar-refractivity contribution in [2.45, 2.75) is 36.0 Å². The third kappa shape index (κ3) is 4.85. The van der Waals surface area contributed by atoms with Gasteiger partial charge in [0.25, 0.3) is 10.0 Å². The highest BCUT2D eigenvalue weighted by molar-refractivity contribution is 7.98. The fourth-order valence-electron chi connectivity index (χ4n) is 2.05. The number of benzene rings is 2. The van der Waals surface area contributed by atoms with Crippen LogP contribution in [0.3, 0.4) is 0 Å². The summed E-state index contributed by atoms with van der Waals surface area (Å²) in [6, 6.07) is 14.6. The van der Waals surface area contributed by atoms with Crippen LogP contribution >= 0.6 is 11.8 Å². The van der Waals surface area contributed by atoms with Gasteiger partial charge in [0.2, 0.25) is 0 Å². The molecule has 24 heavy (non-hydrogen) atoms. The summed E-state index contributed by atoms with van der Waals surface area (Å²) in [7, 11) is -3.66. The van der Waals surface area contributed by atoms with Crippen molar-refractivity contribution >= 4 is 28.0 Å². The molecule has 2 aromatic rings. The second-order valence-corrected chi connectivity index (χ2v) is 8.94. The van der Waals surface area contributed by atoms with E-state index in [1.54, 1.807) is 23.9 Å². The van der Waals surface area contributed by atoms with Crippen LogP contribution in [0, 0.1) is 0 Å². The summed E-state index contributed by atoms with van der Waals surface area (Å²) in [5.41, 5.74) is 1.90. The lowest BCUT2D eigenvalue weighted by Gasteiger charge is -2.19. The molecule has 0 radical (unpaired) electrons. The van der Waals surface area contributed by atoms with Gasteiger partial charge in [-0.3, -0.25) is 0 Å². The van der Waals surface area contributed by atoms with Gasteiger partial charge in [0.15, 0.2) is 0 Å². The molecule has 0 aliphatic rings. The van der Waals surface area contributed by atoms with Crippen molar-refractivity contribution in [3.05, 3.63) is 59.7 Å². The summed E-state index contributed by atoms with van der Waals surface area (Å²) < 4.78 is 24.5. The number of hydrogen-bond acceptors (Lipinski definition) is 4. The lowest BCUT2D eigenvalue weighted by Crippen LogP contribution is -2.19. The minimum atomic E-state index is -3.66. The Morgan fingerprint density at radius 2 is 1.58 bits per heavy atom. The molecule has 0 unspecified atom stereocenters. The molecule has 0 saturated carbocycles. The fraction of sp³-hybridized carbons (Fsp3) is 0.278. The topological polar surface area (TPSA) is 58.5 Å². The predicted molar refractivity (Wildman–Crippen MR) is 101 cm³/mol. The summed E-state index contributed by atoms with van der Waals surface area (Å²) in [6.45, 7) is 6.25. The number of nitrogens with zero attached hydrogens (tertiary/aromatic N) is 1. The zero-order chi connectivity index (χ0) is 17.8. The molecule has 6 heteroatoms. The Balaban J connectivity index is 2.08. The van der Waals surface area contributed by atoms with Crippen LogP contribution in [0.1, 0.15) is 31.9 Å². The van der Waals surface area contributed by atoms with E-state index >= 15 is 0 Å². The van der Waals surface area contributed by atoms with Gasteiger partial charge in [-0.2, -0.15) is 13.5 Å². The van der Waals surface area contributed by atoms with Crippen molar-refractivity contribution in [2.75, 3.05) is 6.26 Å². The van der Waals surface area contributed by atoms with Gasteiger partial charge in [-0.25, -0.2) is 4.83 Å². The van der Waals surface area contributed by atoms with Gasteiger partial charge in [0.1, 0.15) is 0 Å². The Bertz CT molecular complexity index is 804. The molecule has 0 heterocycles. The highest BCUT2D eigenvalue weighted by Crippen LogP contribution is 2.23. The van der Waals surface area contributed by atoms with Crippen LogP contribution < -0.4 is 4.83 Å². The number of thioether (sulfide) groups is 1. The molecule has 0 fully saturated rings. The number of nitrogens with one attached hydrogen (secondary N) is 1. The van der Waals surface area contributed by atoms with Gasteiger partial charge in [-0.15, -0.1) is 11.8 Å². The van der Waals surface area contributed by atoms with E-state index in [0.29, 0.717) is 0 Å². The third-order valence-corrected chi connectivity index (χ3v) is 5.52. The van der Waals surface area contributed by atoms with E-state index in [1.807, 2.05) is 42.7 Å². The van der Waals surface area contributed by atoms with Crippen molar-refractivity contribution in [3.63, 3.8) is 0 Å². The molecule has 0 saturated heterocycles. The average molecular weight is 363 g/mol. The number of hydrazone groups is 1. The molecular weight excluding hydrogens is 340 g/mol. The standard InChI is InChI=1S/C18H22N2O2S2/c1-18(2,3)15-7-11-17(12-8-15)24(21,22)20-19-13-14-5-9-16(23-4)10-6-14/h5-13,20H,1-4H3. The first-order valence-electron chi connectivity index (χ1n) is 7.52. The Morgan fingerprint density at radius 1 is 1.00 bits per heavy atom. The summed E-state index contributed by atoms with van der Waals surface area (Å²) in [6.07, 6.45) is 3.49. The normalized spacial score (nSPS) is 12.5. The van der Waals surface area contributed by atoms with E-state index in [-0.39, 0.29) is 10.3 Å². The summed E-state index contributed by atoms with van der Waals surface area (Å²) in [4.78, 5) is 3.59. The number of sulfonamides is 1. The highest BCUT2D eigenvalue weighted by Gasteiger charge is 2.16. The average Bonchev–Trinajstić information content (AvgIpc) is 2.55. The maximum atomic E-state index is 12.3. The lowest BCUT2D eigenvalue weighted by atomic mass is 9.87. The van der Waals surface area contributed by atoms with Gasteiger partial charge >= 0.3 is 0 Å². The van der Waals surface area contributed by atoms with Crippen molar-refractivity contribution < 1.29 is 8.42 Å². The van der Waals surface area contributed by atoms with Crippen LogP contribution in [0.15, 0.2) is 63.4 Å². The molecule has 0 bridgehead atoms. The quantitative estimate of drug-likeness (QED) is 0.496. The van der Waals surface area contributed by atoms with Crippen molar-refractivity contribution in [1.82, 2.24) is 4.83 Å². The maximum absolute atomic E-state index is 12.3. The second kappa shape index (κ2) is 7.40. The van der Waals surface area contributed by atoms with Gasteiger partial charge in [-0.05, 0) is 47.1 Å². The largest absolute Gasteiger partial charge is 0.276 e. The minimum Gasteiger partial charge on any atom is -0.200 e. The first-order valence-corrected chi connectivity index (χ1v) is 10.2. The van der Waals surface area contributed by atoms with Gasteiger partial charge < -0.3 is 0 Å². The minimum absolute atomic E-state index is 0.0171. The Morgan fingerprint density at radius 3 is 2.08 bits per heavy atom.